The summed E-state index contributed by atoms with van der Waals surface area (Å²) in [5.74, 6) is -2.79. The van der Waals surface area contributed by atoms with Crippen LogP contribution in [-0.2, 0) is 20.6 Å². The van der Waals surface area contributed by atoms with Crippen LogP contribution in [0.1, 0.15) is 29.7 Å². The molecule has 2 atom stereocenters. The third-order valence-electron chi connectivity index (χ3n) is 6.58. The van der Waals surface area contributed by atoms with E-state index in [0.717, 1.165) is 24.4 Å². The summed E-state index contributed by atoms with van der Waals surface area (Å²) in [5, 5.41) is 13.1. The molecule has 0 fully saturated rings. The number of primary amides is 1. The van der Waals surface area contributed by atoms with Gasteiger partial charge in [-0.1, -0.05) is 0 Å². The van der Waals surface area contributed by atoms with Crippen molar-refractivity contribution in [2.75, 3.05) is 13.2 Å². The Morgan fingerprint density at radius 2 is 1.88 bits per heavy atom. The molecular weight excluding hydrogens is 536 g/mol. The molecule has 1 aromatic carbocycles. The maximum Gasteiger partial charge on any atom is 0.424 e. The zero-order valence-corrected chi connectivity index (χ0v) is 21.2. The van der Waals surface area contributed by atoms with Crippen molar-refractivity contribution < 1.29 is 37.0 Å². The van der Waals surface area contributed by atoms with Gasteiger partial charge in [0.1, 0.15) is 29.3 Å². The average Bonchev–Trinajstić information content (AvgIpc) is 3.25. The van der Waals surface area contributed by atoms with E-state index < -0.39 is 47.1 Å². The number of aliphatic hydroxyl groups is 1. The first-order valence-corrected chi connectivity index (χ1v) is 11.7. The number of aryl methyl sites for hydroxylation is 1. The molecule has 40 heavy (non-hydrogen) atoms. The van der Waals surface area contributed by atoms with Gasteiger partial charge >= 0.3 is 6.18 Å². The summed E-state index contributed by atoms with van der Waals surface area (Å²) in [6.07, 6.45) is -3.22. The van der Waals surface area contributed by atoms with Gasteiger partial charge in [0.15, 0.2) is 5.82 Å². The lowest BCUT2D eigenvalue weighted by Crippen LogP contribution is -2.52. The Morgan fingerprint density at radius 1 is 1.20 bits per heavy atom. The van der Waals surface area contributed by atoms with Crippen molar-refractivity contribution in [1.82, 2.24) is 20.3 Å². The van der Waals surface area contributed by atoms with E-state index in [1.54, 1.807) is 13.0 Å². The highest BCUT2D eigenvalue weighted by Crippen LogP contribution is 2.47. The molecule has 4 rings (SSSR count). The topological polar surface area (TPSA) is 166 Å². The van der Waals surface area contributed by atoms with E-state index in [0.29, 0.717) is 5.69 Å². The molecule has 0 unspecified atom stereocenters. The number of hydrogen-bond donors (Lipinski definition) is 4. The van der Waals surface area contributed by atoms with Crippen LogP contribution in [0.25, 0.3) is 16.8 Å². The van der Waals surface area contributed by atoms with Crippen LogP contribution in [0.15, 0.2) is 48.8 Å². The molecule has 3 heterocycles. The van der Waals surface area contributed by atoms with Crippen LogP contribution in [0, 0.1) is 12.7 Å². The number of nitrogens with one attached hydrogen (secondary N) is 1. The van der Waals surface area contributed by atoms with E-state index in [9.17, 15) is 32.3 Å². The number of pyridine rings is 1. The fraction of sp³-hybridized carbons (Fsp3) is 0.269. The third kappa shape index (κ3) is 4.93. The van der Waals surface area contributed by atoms with Crippen LogP contribution in [0.3, 0.4) is 0 Å². The fourth-order valence-corrected chi connectivity index (χ4v) is 4.07. The molecule has 0 radical (unpaired) electrons. The van der Waals surface area contributed by atoms with Crippen molar-refractivity contribution in [3.8, 4) is 17.0 Å². The molecule has 2 amide bonds. The van der Waals surface area contributed by atoms with Crippen LogP contribution in [-0.4, -0.2) is 51.2 Å². The second-order valence-corrected chi connectivity index (χ2v) is 9.37. The van der Waals surface area contributed by atoms with E-state index in [1.165, 1.54) is 25.3 Å². The van der Waals surface area contributed by atoms with Gasteiger partial charge in [0.2, 0.25) is 11.5 Å². The molecular formula is C26H24F4N6O4. The van der Waals surface area contributed by atoms with Gasteiger partial charge in [-0.3, -0.25) is 9.59 Å². The van der Waals surface area contributed by atoms with Crippen molar-refractivity contribution >= 4 is 17.4 Å². The highest BCUT2D eigenvalue weighted by atomic mass is 19.4. The summed E-state index contributed by atoms with van der Waals surface area (Å²) in [7, 11) is 0. The number of aromatic nitrogens is 3. The maximum atomic E-state index is 14.5. The molecule has 1 aliphatic heterocycles. The number of alkyl halides is 3. The van der Waals surface area contributed by atoms with Gasteiger partial charge in [-0.05, 0) is 50.2 Å². The van der Waals surface area contributed by atoms with Crippen LogP contribution < -0.4 is 21.5 Å². The van der Waals surface area contributed by atoms with Crippen LogP contribution in [0.4, 0.5) is 17.6 Å². The maximum absolute atomic E-state index is 14.5. The minimum atomic E-state index is -5.38. The third-order valence-corrected chi connectivity index (χ3v) is 6.58. The van der Waals surface area contributed by atoms with Gasteiger partial charge in [0, 0.05) is 29.2 Å². The van der Waals surface area contributed by atoms with E-state index in [2.05, 4.69) is 15.0 Å². The summed E-state index contributed by atoms with van der Waals surface area (Å²) >= 11 is 0. The van der Waals surface area contributed by atoms with Gasteiger partial charge in [-0.2, -0.15) is 13.2 Å². The Kier molecular flexibility index (Phi) is 7.24. The van der Waals surface area contributed by atoms with Gasteiger partial charge in [-0.15, -0.1) is 0 Å². The Labute approximate surface area is 225 Å². The van der Waals surface area contributed by atoms with Crippen molar-refractivity contribution in [3.63, 3.8) is 0 Å². The van der Waals surface area contributed by atoms with Crippen LogP contribution in [0.5, 0.6) is 5.75 Å². The lowest BCUT2D eigenvalue weighted by Gasteiger charge is -2.31. The predicted molar refractivity (Wildman–Crippen MR) is 134 cm³/mol. The Hall–Kier alpha value is -4.59. The minimum Gasteiger partial charge on any atom is -0.489 e. The molecule has 1 aliphatic rings. The fourth-order valence-electron chi connectivity index (χ4n) is 4.07. The standard InChI is InChI=1S/C26H24F4N6O4/c1-13-7-8-33-21(35-13)16(10-31)22(37)34-11-25(39,26(28,29)30)18-9-17-20(40-12-24(17,2)23(32)38)19(36-18)14-3-5-15(27)6-4-14/h3-10,39H,11-12,31H2,1-2H3,(H2,32,38)(H,34,37)/b16-10+/t24-,25-/m0/s1. The summed E-state index contributed by atoms with van der Waals surface area (Å²) < 4.78 is 62.7. The molecule has 0 aliphatic carbocycles. The molecule has 0 saturated carbocycles. The number of ether oxygens (including phenoxy) is 1. The minimum absolute atomic E-state index is 0.0461. The van der Waals surface area contributed by atoms with Crippen molar-refractivity contribution in [2.24, 2.45) is 11.5 Å². The molecule has 0 bridgehead atoms. The highest BCUT2D eigenvalue weighted by molar-refractivity contribution is 6.18. The summed E-state index contributed by atoms with van der Waals surface area (Å²) in [6.45, 7) is 1.27. The molecule has 0 saturated heterocycles. The van der Waals surface area contributed by atoms with Gasteiger partial charge in [0.05, 0.1) is 17.8 Å². The normalized spacial score (nSPS) is 18.4. The Balaban J connectivity index is 1.82. The number of nitrogens with two attached hydrogens (primary N) is 2. The van der Waals surface area contributed by atoms with Crippen molar-refractivity contribution in [1.29, 1.82) is 0 Å². The SMILES string of the molecule is Cc1ccnc(/C(=C\N)C(=O)NC[C@](O)(c2cc3c(c(-c4ccc(F)cc4)n2)OC[C@]3(C)C(N)=O)C(F)(F)F)n1. The van der Waals surface area contributed by atoms with E-state index in [1.807, 2.05) is 5.32 Å². The molecule has 14 heteroatoms. The summed E-state index contributed by atoms with van der Waals surface area (Å²) in [5.41, 5.74) is 4.81. The summed E-state index contributed by atoms with van der Waals surface area (Å²) in [4.78, 5) is 37.1. The average molecular weight is 561 g/mol. The number of amides is 2. The number of fused-ring (bicyclic) bond motifs is 1. The molecule has 10 nitrogen and oxygen atoms in total. The zero-order valence-electron chi connectivity index (χ0n) is 21.2. The van der Waals surface area contributed by atoms with E-state index >= 15 is 0 Å². The number of halogens is 4. The number of nitrogens with zero attached hydrogens (tertiary/aromatic N) is 3. The second kappa shape index (κ2) is 10.2. The zero-order chi connectivity index (χ0) is 29.5. The number of carbonyl (C=O) groups excluding carboxylic acids is 2. The Morgan fingerprint density at radius 3 is 2.45 bits per heavy atom. The smallest absolute Gasteiger partial charge is 0.424 e. The number of benzene rings is 1. The van der Waals surface area contributed by atoms with Crippen LogP contribution >= 0.6 is 0 Å². The highest BCUT2D eigenvalue weighted by Gasteiger charge is 2.57. The largest absolute Gasteiger partial charge is 0.489 e. The molecule has 2 aromatic heterocycles. The monoisotopic (exact) mass is 560 g/mol. The first-order chi connectivity index (χ1) is 18.7. The first-order valence-electron chi connectivity index (χ1n) is 11.7. The molecule has 3 aromatic rings. The lowest BCUT2D eigenvalue weighted by molar-refractivity contribution is -0.265. The van der Waals surface area contributed by atoms with E-state index in [4.69, 9.17) is 16.2 Å². The predicted octanol–water partition coefficient (Wildman–Crippen LogP) is 1.99. The quantitative estimate of drug-likeness (QED) is 0.252. The molecule has 210 valence electrons. The number of hydrogen-bond acceptors (Lipinski definition) is 8. The molecule has 6 N–H and O–H groups in total. The van der Waals surface area contributed by atoms with Crippen LogP contribution in [0.2, 0.25) is 0 Å². The van der Waals surface area contributed by atoms with Gasteiger partial charge in [0.25, 0.3) is 5.91 Å². The number of carbonyl (C=O) groups is 2. The number of rotatable bonds is 7. The summed E-state index contributed by atoms with van der Waals surface area (Å²) in [6, 6.07) is 7.02. The van der Waals surface area contributed by atoms with Crippen molar-refractivity contribution in [3.05, 3.63) is 77.4 Å². The first kappa shape index (κ1) is 28.4. The second-order valence-electron chi connectivity index (χ2n) is 9.37. The van der Waals surface area contributed by atoms with Crippen molar-refractivity contribution in [2.45, 2.75) is 31.0 Å². The van der Waals surface area contributed by atoms with E-state index in [-0.39, 0.29) is 40.6 Å². The van der Waals surface area contributed by atoms with Gasteiger partial charge in [-0.25, -0.2) is 19.3 Å². The van der Waals surface area contributed by atoms with Gasteiger partial charge < -0.3 is 26.6 Å². The molecule has 0 spiro atoms. The Bertz CT molecular complexity index is 1510. The lowest BCUT2D eigenvalue weighted by atomic mass is 9.81.